The van der Waals surface area contributed by atoms with E-state index in [4.69, 9.17) is 9.47 Å². The van der Waals surface area contributed by atoms with E-state index in [1.54, 1.807) is 29.2 Å². The Balaban J connectivity index is 1.77. The number of methoxy groups -OCH3 is 1. The van der Waals surface area contributed by atoms with Crippen LogP contribution in [0.2, 0.25) is 0 Å². The van der Waals surface area contributed by atoms with Gasteiger partial charge in [-0.05, 0) is 26.8 Å². The second-order valence-electron chi connectivity index (χ2n) is 7.98. The first-order chi connectivity index (χ1) is 13.2. The minimum absolute atomic E-state index is 0.00794. The molecule has 0 unspecified atom stereocenters. The number of benzene rings is 1. The number of hydrogen-bond acceptors (Lipinski definition) is 6. The van der Waals surface area contributed by atoms with Crippen molar-refractivity contribution in [3.8, 4) is 0 Å². The molecule has 3 rings (SSSR count). The zero-order valence-electron chi connectivity index (χ0n) is 16.6. The van der Waals surface area contributed by atoms with Gasteiger partial charge >= 0.3 is 12.1 Å². The molecule has 8 nitrogen and oxygen atoms in total. The average molecular weight is 387 g/mol. The van der Waals surface area contributed by atoms with Crippen molar-refractivity contribution in [3.05, 3.63) is 40.3 Å². The van der Waals surface area contributed by atoms with Crippen LogP contribution in [0.25, 0.3) is 10.8 Å². The normalized spacial score (nSPS) is 14.6. The summed E-state index contributed by atoms with van der Waals surface area (Å²) in [6.07, 6.45) is -0.361. The second kappa shape index (κ2) is 7.61. The molecule has 0 aliphatic carbocycles. The van der Waals surface area contributed by atoms with Gasteiger partial charge in [0.25, 0.3) is 5.56 Å². The Morgan fingerprint density at radius 3 is 2.43 bits per heavy atom. The van der Waals surface area contributed by atoms with Crippen LogP contribution < -0.4 is 5.56 Å². The molecule has 1 amide bonds. The van der Waals surface area contributed by atoms with Gasteiger partial charge in [-0.1, -0.05) is 18.2 Å². The van der Waals surface area contributed by atoms with Crippen LogP contribution >= 0.6 is 0 Å². The maximum atomic E-state index is 12.8. The van der Waals surface area contributed by atoms with Crippen LogP contribution in [0.4, 0.5) is 4.79 Å². The van der Waals surface area contributed by atoms with Gasteiger partial charge in [0.2, 0.25) is 0 Å². The van der Waals surface area contributed by atoms with Gasteiger partial charge in [0.05, 0.1) is 31.2 Å². The van der Waals surface area contributed by atoms with Crippen LogP contribution in [0.1, 0.15) is 26.5 Å². The number of fused-ring (bicyclic) bond motifs is 1. The van der Waals surface area contributed by atoms with Gasteiger partial charge < -0.3 is 14.4 Å². The highest BCUT2D eigenvalue weighted by Gasteiger charge is 2.34. The molecule has 0 N–H and O–H groups in total. The van der Waals surface area contributed by atoms with E-state index in [1.165, 1.54) is 11.8 Å². The molecule has 0 atom stereocenters. The molecule has 28 heavy (non-hydrogen) atoms. The standard InChI is InChI=1S/C20H25N3O5/c1-20(2,3)28-19(26)22-10-13(11-22)12-23-18(25)15-8-6-5-7-14(15)16(21-23)9-17(24)27-4/h5-8,13H,9-12H2,1-4H3. The predicted octanol–water partition coefficient (Wildman–Crippen LogP) is 1.98. The summed E-state index contributed by atoms with van der Waals surface area (Å²) in [5, 5.41) is 5.57. The van der Waals surface area contributed by atoms with Crippen LogP contribution in [0.15, 0.2) is 29.1 Å². The second-order valence-corrected chi connectivity index (χ2v) is 7.98. The minimum Gasteiger partial charge on any atom is -0.469 e. The van der Waals surface area contributed by atoms with E-state index in [-0.39, 0.29) is 24.0 Å². The van der Waals surface area contributed by atoms with Crippen molar-refractivity contribution < 1.29 is 19.1 Å². The number of carbonyl (C=O) groups excluding carboxylic acids is 2. The van der Waals surface area contributed by atoms with Crippen molar-refractivity contribution in [1.82, 2.24) is 14.7 Å². The lowest BCUT2D eigenvalue weighted by atomic mass is 10.0. The summed E-state index contributed by atoms with van der Waals surface area (Å²) in [6.45, 7) is 6.85. The van der Waals surface area contributed by atoms with Gasteiger partial charge in [0.1, 0.15) is 5.60 Å². The molecule has 1 aromatic heterocycles. The molecule has 2 aromatic rings. The van der Waals surface area contributed by atoms with Gasteiger partial charge in [-0.2, -0.15) is 5.10 Å². The average Bonchev–Trinajstić information content (AvgIpc) is 2.59. The van der Waals surface area contributed by atoms with Gasteiger partial charge in [-0.15, -0.1) is 0 Å². The maximum absolute atomic E-state index is 12.8. The molecule has 0 spiro atoms. The largest absolute Gasteiger partial charge is 0.469 e. The summed E-state index contributed by atoms with van der Waals surface area (Å²) in [4.78, 5) is 38.2. The number of amides is 1. The number of esters is 1. The lowest BCUT2D eigenvalue weighted by Gasteiger charge is -2.39. The number of likely N-dealkylation sites (tertiary alicyclic amines) is 1. The Morgan fingerprint density at radius 2 is 1.82 bits per heavy atom. The Kier molecular flexibility index (Phi) is 5.40. The first-order valence-corrected chi connectivity index (χ1v) is 9.21. The van der Waals surface area contributed by atoms with Crippen molar-refractivity contribution in [2.45, 2.75) is 39.3 Å². The molecular formula is C20H25N3O5. The molecular weight excluding hydrogens is 362 g/mol. The minimum atomic E-state index is -0.540. The SMILES string of the molecule is COC(=O)Cc1nn(CC2CN(C(=O)OC(C)(C)C)C2)c(=O)c2ccccc12. The molecule has 150 valence electrons. The zero-order valence-corrected chi connectivity index (χ0v) is 16.6. The van der Waals surface area contributed by atoms with Crippen LogP contribution in [0.5, 0.6) is 0 Å². The highest BCUT2D eigenvalue weighted by molar-refractivity contribution is 5.86. The van der Waals surface area contributed by atoms with Gasteiger partial charge in [-0.3, -0.25) is 9.59 Å². The van der Waals surface area contributed by atoms with Crippen LogP contribution in [0.3, 0.4) is 0 Å². The van der Waals surface area contributed by atoms with Crippen molar-refractivity contribution in [3.63, 3.8) is 0 Å². The fraction of sp³-hybridized carbons (Fsp3) is 0.500. The van der Waals surface area contributed by atoms with E-state index in [2.05, 4.69) is 5.10 Å². The summed E-state index contributed by atoms with van der Waals surface area (Å²) >= 11 is 0. The predicted molar refractivity (Wildman–Crippen MR) is 103 cm³/mol. The summed E-state index contributed by atoms with van der Waals surface area (Å²) in [5.74, 6) is -0.313. The van der Waals surface area contributed by atoms with Crippen molar-refractivity contribution in [2.24, 2.45) is 5.92 Å². The smallest absolute Gasteiger partial charge is 0.410 e. The number of carbonyl (C=O) groups is 2. The third-order valence-electron chi connectivity index (χ3n) is 4.52. The first-order valence-electron chi connectivity index (χ1n) is 9.21. The fourth-order valence-electron chi connectivity index (χ4n) is 3.17. The monoisotopic (exact) mass is 387 g/mol. The van der Waals surface area contributed by atoms with Crippen molar-refractivity contribution in [1.29, 1.82) is 0 Å². The summed E-state index contributed by atoms with van der Waals surface area (Å²) in [6, 6.07) is 7.09. The van der Waals surface area contributed by atoms with Crippen LogP contribution in [-0.4, -0.2) is 52.5 Å². The Labute approximate surface area is 163 Å². The number of hydrogen-bond donors (Lipinski definition) is 0. The summed E-state index contributed by atoms with van der Waals surface area (Å²) in [7, 11) is 1.32. The molecule has 0 bridgehead atoms. The van der Waals surface area contributed by atoms with E-state index in [9.17, 15) is 14.4 Å². The highest BCUT2D eigenvalue weighted by Crippen LogP contribution is 2.21. The van der Waals surface area contributed by atoms with E-state index < -0.39 is 11.6 Å². The molecule has 2 heterocycles. The molecule has 1 aliphatic rings. The first kappa shape index (κ1) is 19.9. The molecule has 0 saturated carbocycles. The zero-order chi connectivity index (χ0) is 20.5. The summed E-state index contributed by atoms with van der Waals surface area (Å²) in [5.41, 5.74) is -0.243. The topological polar surface area (TPSA) is 90.7 Å². The van der Waals surface area contributed by atoms with Crippen molar-refractivity contribution in [2.75, 3.05) is 20.2 Å². The van der Waals surface area contributed by atoms with Gasteiger partial charge in [0, 0.05) is 24.4 Å². The quantitative estimate of drug-likeness (QED) is 0.745. The maximum Gasteiger partial charge on any atom is 0.410 e. The molecule has 8 heteroatoms. The van der Waals surface area contributed by atoms with E-state index in [1.807, 2.05) is 20.8 Å². The molecule has 0 radical (unpaired) electrons. The third-order valence-corrected chi connectivity index (χ3v) is 4.52. The van der Waals surface area contributed by atoms with E-state index in [0.717, 1.165) is 0 Å². The number of aromatic nitrogens is 2. The Morgan fingerprint density at radius 1 is 1.18 bits per heavy atom. The molecule has 1 aliphatic heterocycles. The van der Waals surface area contributed by atoms with Crippen LogP contribution in [0, 0.1) is 5.92 Å². The molecule has 1 fully saturated rings. The third kappa shape index (κ3) is 4.32. The lowest BCUT2D eigenvalue weighted by Crippen LogP contribution is -2.53. The summed E-state index contributed by atoms with van der Waals surface area (Å²) < 4.78 is 11.5. The fourth-order valence-corrected chi connectivity index (χ4v) is 3.17. The van der Waals surface area contributed by atoms with Crippen LogP contribution in [-0.2, 0) is 27.2 Å². The van der Waals surface area contributed by atoms with Crippen molar-refractivity contribution >= 4 is 22.8 Å². The Bertz CT molecular complexity index is 954. The highest BCUT2D eigenvalue weighted by atomic mass is 16.6. The van der Waals surface area contributed by atoms with Gasteiger partial charge in [-0.25, -0.2) is 9.48 Å². The van der Waals surface area contributed by atoms with E-state index in [0.29, 0.717) is 36.1 Å². The van der Waals surface area contributed by atoms with E-state index >= 15 is 0 Å². The molecule has 1 saturated heterocycles. The number of nitrogens with zero attached hydrogens (tertiary/aromatic N) is 3. The molecule has 1 aromatic carbocycles. The number of ether oxygens (including phenoxy) is 2. The van der Waals surface area contributed by atoms with Gasteiger partial charge in [0.15, 0.2) is 0 Å². The Hall–Kier alpha value is -2.90. The lowest BCUT2D eigenvalue weighted by molar-refractivity contribution is -0.139. The number of rotatable bonds is 4.